The van der Waals surface area contributed by atoms with Crippen molar-refractivity contribution in [1.29, 1.82) is 0 Å². The lowest BCUT2D eigenvalue weighted by molar-refractivity contribution is 0.476. The van der Waals surface area contributed by atoms with Gasteiger partial charge < -0.3 is 9.88 Å². The first-order valence-electron chi connectivity index (χ1n) is 7.37. The van der Waals surface area contributed by atoms with E-state index in [-0.39, 0.29) is 0 Å². The zero-order valence-corrected chi connectivity index (χ0v) is 12.3. The lowest BCUT2D eigenvalue weighted by atomic mass is 10.2. The van der Waals surface area contributed by atoms with Crippen LogP contribution in [0.15, 0.2) is 24.3 Å². The highest BCUT2D eigenvalue weighted by Crippen LogP contribution is 2.16. The highest BCUT2D eigenvalue weighted by molar-refractivity contribution is 5.75. The highest BCUT2D eigenvalue weighted by atomic mass is 15.1. The van der Waals surface area contributed by atoms with Gasteiger partial charge in [0, 0.05) is 12.6 Å². The Labute approximate surface area is 116 Å². The van der Waals surface area contributed by atoms with Gasteiger partial charge in [-0.15, -0.1) is 0 Å². The van der Waals surface area contributed by atoms with Gasteiger partial charge in [-0.2, -0.15) is 0 Å². The van der Waals surface area contributed by atoms with Crippen LogP contribution in [0.3, 0.4) is 0 Å². The summed E-state index contributed by atoms with van der Waals surface area (Å²) < 4.78 is 2.34. The number of nitrogens with zero attached hydrogens (tertiary/aromatic N) is 2. The van der Waals surface area contributed by atoms with E-state index >= 15 is 0 Å². The van der Waals surface area contributed by atoms with Crippen molar-refractivity contribution in [2.45, 2.75) is 52.6 Å². The van der Waals surface area contributed by atoms with E-state index in [9.17, 15) is 0 Å². The minimum absolute atomic E-state index is 0.607. The molecule has 1 aromatic carbocycles. The first-order chi connectivity index (χ1) is 9.22. The third kappa shape index (κ3) is 3.57. The van der Waals surface area contributed by atoms with Gasteiger partial charge in [0.05, 0.1) is 11.0 Å². The van der Waals surface area contributed by atoms with Crippen LogP contribution in [0.5, 0.6) is 0 Å². The molecular formula is C16H25N3. The quantitative estimate of drug-likeness (QED) is 0.824. The number of aryl methyl sites for hydroxylation is 2. The molecular weight excluding hydrogens is 234 g/mol. The molecule has 0 amide bonds. The van der Waals surface area contributed by atoms with Crippen LogP contribution in [0, 0.1) is 6.92 Å². The molecule has 0 saturated heterocycles. The number of aromatic nitrogens is 2. The molecule has 104 valence electrons. The summed E-state index contributed by atoms with van der Waals surface area (Å²) in [4.78, 5) is 4.61. The molecule has 1 heterocycles. The molecule has 3 nitrogen and oxygen atoms in total. The summed E-state index contributed by atoms with van der Waals surface area (Å²) in [6.45, 7) is 8.76. The number of nitrogens with one attached hydrogen (secondary N) is 1. The van der Waals surface area contributed by atoms with E-state index in [0.29, 0.717) is 6.04 Å². The van der Waals surface area contributed by atoms with Crippen molar-refractivity contribution in [3.8, 4) is 0 Å². The second-order valence-electron chi connectivity index (χ2n) is 5.30. The largest absolute Gasteiger partial charge is 0.328 e. The summed E-state index contributed by atoms with van der Waals surface area (Å²) in [7, 11) is 0. The second kappa shape index (κ2) is 6.71. The molecule has 0 bridgehead atoms. The smallest absolute Gasteiger partial charge is 0.106 e. The van der Waals surface area contributed by atoms with Gasteiger partial charge in [0.2, 0.25) is 0 Å². The van der Waals surface area contributed by atoms with Gasteiger partial charge in [0.25, 0.3) is 0 Å². The first-order valence-corrected chi connectivity index (χ1v) is 7.37. The number of imidazole rings is 1. The summed E-state index contributed by atoms with van der Waals surface area (Å²) in [5, 5.41) is 3.54. The Bertz CT molecular complexity index is 516. The van der Waals surface area contributed by atoms with Gasteiger partial charge in [0.1, 0.15) is 5.82 Å². The van der Waals surface area contributed by atoms with Gasteiger partial charge >= 0.3 is 0 Å². The van der Waals surface area contributed by atoms with E-state index in [0.717, 1.165) is 24.4 Å². The molecule has 1 aromatic heterocycles. The fourth-order valence-corrected chi connectivity index (χ4v) is 2.53. The van der Waals surface area contributed by atoms with Gasteiger partial charge in [-0.3, -0.25) is 0 Å². The minimum Gasteiger partial charge on any atom is -0.328 e. The number of hydrogen-bond acceptors (Lipinski definition) is 2. The molecule has 0 aliphatic rings. The van der Waals surface area contributed by atoms with Crippen LogP contribution in [0.1, 0.15) is 38.9 Å². The molecule has 0 aliphatic heterocycles. The second-order valence-corrected chi connectivity index (χ2v) is 5.30. The first kappa shape index (κ1) is 14.1. The van der Waals surface area contributed by atoms with Gasteiger partial charge in [-0.05, 0) is 51.8 Å². The van der Waals surface area contributed by atoms with Gasteiger partial charge in [0.15, 0.2) is 0 Å². The van der Waals surface area contributed by atoms with Crippen molar-refractivity contribution in [1.82, 2.24) is 14.9 Å². The summed E-state index contributed by atoms with van der Waals surface area (Å²) in [6.07, 6.45) is 3.61. The van der Waals surface area contributed by atoms with Crippen LogP contribution < -0.4 is 5.32 Å². The molecule has 1 unspecified atom stereocenters. The fourth-order valence-electron chi connectivity index (χ4n) is 2.53. The number of benzene rings is 1. The molecule has 2 aromatic rings. The maximum absolute atomic E-state index is 4.61. The third-order valence-corrected chi connectivity index (χ3v) is 3.61. The summed E-state index contributed by atoms with van der Waals surface area (Å²) in [5.74, 6) is 1.12. The van der Waals surface area contributed by atoms with Gasteiger partial charge in [-0.25, -0.2) is 4.98 Å². The lowest BCUT2D eigenvalue weighted by Crippen LogP contribution is -2.26. The van der Waals surface area contributed by atoms with Crippen molar-refractivity contribution >= 4 is 11.0 Å². The Morgan fingerprint density at radius 2 is 2.11 bits per heavy atom. The predicted molar refractivity (Wildman–Crippen MR) is 81.5 cm³/mol. The molecule has 0 fully saturated rings. The van der Waals surface area contributed by atoms with Crippen LogP contribution >= 0.6 is 0 Å². The van der Waals surface area contributed by atoms with Crippen LogP contribution in [-0.2, 0) is 6.54 Å². The van der Waals surface area contributed by atoms with Crippen molar-refractivity contribution in [2.24, 2.45) is 0 Å². The van der Waals surface area contributed by atoms with Gasteiger partial charge in [-0.1, -0.05) is 19.1 Å². The van der Waals surface area contributed by atoms with E-state index < -0.39 is 0 Å². The molecule has 3 heteroatoms. The Morgan fingerprint density at radius 1 is 1.32 bits per heavy atom. The van der Waals surface area contributed by atoms with Crippen LogP contribution in [0.25, 0.3) is 11.0 Å². The molecule has 0 spiro atoms. The Kier molecular flexibility index (Phi) is 4.97. The fraction of sp³-hybridized carbons (Fsp3) is 0.562. The van der Waals surface area contributed by atoms with Crippen molar-refractivity contribution in [3.63, 3.8) is 0 Å². The standard InChI is InChI=1S/C16H25N3/c1-4-11-17-13(2)8-7-12-19-14(3)18-15-9-5-6-10-16(15)19/h5-6,9-10,13,17H,4,7-8,11-12H2,1-3H3. The minimum atomic E-state index is 0.607. The maximum atomic E-state index is 4.61. The number of para-hydroxylation sites is 2. The number of rotatable bonds is 7. The van der Waals surface area contributed by atoms with Crippen LogP contribution in [0.4, 0.5) is 0 Å². The van der Waals surface area contributed by atoms with E-state index in [1.807, 2.05) is 0 Å². The monoisotopic (exact) mass is 259 g/mol. The van der Waals surface area contributed by atoms with E-state index in [1.54, 1.807) is 0 Å². The average Bonchev–Trinajstić information content (AvgIpc) is 2.73. The molecule has 19 heavy (non-hydrogen) atoms. The Morgan fingerprint density at radius 3 is 2.89 bits per heavy atom. The SMILES string of the molecule is CCCNC(C)CCCn1c(C)nc2ccccc21. The topological polar surface area (TPSA) is 29.9 Å². The third-order valence-electron chi connectivity index (χ3n) is 3.61. The van der Waals surface area contributed by atoms with Crippen molar-refractivity contribution < 1.29 is 0 Å². The number of fused-ring (bicyclic) bond motifs is 1. The summed E-state index contributed by atoms with van der Waals surface area (Å²) in [5.41, 5.74) is 2.37. The molecule has 1 atom stereocenters. The molecule has 0 radical (unpaired) electrons. The zero-order valence-electron chi connectivity index (χ0n) is 12.3. The number of hydrogen-bond donors (Lipinski definition) is 1. The average molecular weight is 259 g/mol. The normalized spacial score (nSPS) is 13.0. The Balaban J connectivity index is 1.93. The lowest BCUT2D eigenvalue weighted by Gasteiger charge is -2.13. The van der Waals surface area contributed by atoms with Crippen LogP contribution in [-0.4, -0.2) is 22.1 Å². The molecule has 0 aliphatic carbocycles. The predicted octanol–water partition coefficient (Wildman–Crippen LogP) is 3.51. The Hall–Kier alpha value is -1.35. The van der Waals surface area contributed by atoms with Crippen molar-refractivity contribution in [2.75, 3.05) is 6.54 Å². The van der Waals surface area contributed by atoms with Crippen LogP contribution in [0.2, 0.25) is 0 Å². The van der Waals surface area contributed by atoms with E-state index in [4.69, 9.17) is 0 Å². The van der Waals surface area contributed by atoms with E-state index in [1.165, 1.54) is 24.8 Å². The maximum Gasteiger partial charge on any atom is 0.106 e. The molecule has 0 saturated carbocycles. The van der Waals surface area contributed by atoms with Crippen molar-refractivity contribution in [3.05, 3.63) is 30.1 Å². The summed E-state index contributed by atoms with van der Waals surface area (Å²) in [6, 6.07) is 9.00. The highest BCUT2D eigenvalue weighted by Gasteiger charge is 2.07. The molecule has 2 rings (SSSR count). The summed E-state index contributed by atoms with van der Waals surface area (Å²) >= 11 is 0. The van der Waals surface area contributed by atoms with E-state index in [2.05, 4.69) is 59.9 Å². The molecule has 1 N–H and O–H groups in total. The zero-order chi connectivity index (χ0) is 13.7.